The summed E-state index contributed by atoms with van der Waals surface area (Å²) in [5, 5.41) is 0.470. The van der Waals surface area contributed by atoms with Crippen molar-refractivity contribution in [3.63, 3.8) is 0 Å². The summed E-state index contributed by atoms with van der Waals surface area (Å²) in [6.45, 7) is 0.436. The molecule has 20 heavy (non-hydrogen) atoms. The highest BCUT2D eigenvalue weighted by Crippen LogP contribution is 2.23. The van der Waals surface area contributed by atoms with Gasteiger partial charge in [0.2, 0.25) is 0 Å². The number of halogens is 1. The van der Waals surface area contributed by atoms with Crippen molar-refractivity contribution in [2.24, 2.45) is 0 Å². The Balaban J connectivity index is 1.72. The van der Waals surface area contributed by atoms with Crippen molar-refractivity contribution in [1.82, 2.24) is 4.98 Å². The van der Waals surface area contributed by atoms with Gasteiger partial charge in [0.1, 0.15) is 17.5 Å². The molecule has 0 bridgehead atoms. The van der Waals surface area contributed by atoms with Crippen molar-refractivity contribution >= 4 is 23.5 Å². The molecule has 1 aliphatic rings. The van der Waals surface area contributed by atoms with Crippen molar-refractivity contribution in [3.8, 4) is 5.75 Å². The minimum atomic E-state index is 0.137. The molecular weight excluding hydrogens is 274 g/mol. The molecule has 100 valence electrons. The Morgan fingerprint density at radius 2 is 2.10 bits per heavy atom. The van der Waals surface area contributed by atoms with E-state index in [2.05, 4.69) is 4.98 Å². The quantitative estimate of drug-likeness (QED) is 0.811. The van der Waals surface area contributed by atoms with E-state index in [4.69, 9.17) is 16.3 Å². The molecular formula is C16H12ClNO2. The van der Waals surface area contributed by atoms with Crippen LogP contribution in [0.1, 0.15) is 16.7 Å². The summed E-state index contributed by atoms with van der Waals surface area (Å²) >= 11 is 5.73. The number of hydrogen-bond donors (Lipinski definition) is 0. The summed E-state index contributed by atoms with van der Waals surface area (Å²) in [4.78, 5) is 15.3. The monoisotopic (exact) mass is 285 g/mol. The first-order valence-corrected chi connectivity index (χ1v) is 6.65. The molecule has 0 N–H and O–H groups in total. The molecule has 0 aliphatic heterocycles. The van der Waals surface area contributed by atoms with Crippen LogP contribution >= 0.6 is 11.6 Å². The molecule has 0 amide bonds. The second-order valence-corrected chi connectivity index (χ2v) is 5.00. The van der Waals surface area contributed by atoms with Gasteiger partial charge in [-0.3, -0.25) is 4.79 Å². The fourth-order valence-electron chi connectivity index (χ4n) is 2.07. The maximum absolute atomic E-state index is 11.3. The first kappa shape index (κ1) is 12.9. The average Bonchev–Trinajstić information content (AvgIpc) is 2.46. The van der Waals surface area contributed by atoms with Crippen LogP contribution in [0.2, 0.25) is 5.15 Å². The van der Waals surface area contributed by atoms with Crippen molar-refractivity contribution in [1.29, 1.82) is 0 Å². The van der Waals surface area contributed by atoms with Gasteiger partial charge < -0.3 is 4.74 Å². The predicted octanol–water partition coefficient (Wildman–Crippen LogP) is 3.45. The number of hydrogen-bond acceptors (Lipinski definition) is 3. The average molecular weight is 286 g/mol. The van der Waals surface area contributed by atoms with E-state index < -0.39 is 0 Å². The van der Waals surface area contributed by atoms with E-state index in [0.717, 1.165) is 22.4 Å². The van der Waals surface area contributed by atoms with Crippen LogP contribution < -0.4 is 4.74 Å². The van der Waals surface area contributed by atoms with E-state index in [9.17, 15) is 4.79 Å². The predicted molar refractivity (Wildman–Crippen MR) is 77.8 cm³/mol. The number of nitrogens with zero attached hydrogens (tertiary/aromatic N) is 1. The van der Waals surface area contributed by atoms with Gasteiger partial charge in [-0.15, -0.1) is 0 Å². The van der Waals surface area contributed by atoms with Crippen molar-refractivity contribution < 1.29 is 9.53 Å². The molecule has 0 fully saturated rings. The van der Waals surface area contributed by atoms with Gasteiger partial charge in [0, 0.05) is 18.2 Å². The number of carbonyl (C=O) groups excluding carboxylic acids is 1. The first-order chi connectivity index (χ1) is 9.70. The zero-order valence-electron chi connectivity index (χ0n) is 10.7. The van der Waals surface area contributed by atoms with Gasteiger partial charge in [0.05, 0.1) is 0 Å². The van der Waals surface area contributed by atoms with E-state index in [1.54, 1.807) is 18.3 Å². The summed E-state index contributed by atoms with van der Waals surface area (Å²) in [5.74, 6) is 0.913. The van der Waals surface area contributed by atoms with Gasteiger partial charge in [0.25, 0.3) is 0 Å². The number of fused-ring (bicyclic) bond motifs is 1. The van der Waals surface area contributed by atoms with E-state index >= 15 is 0 Å². The Morgan fingerprint density at radius 3 is 2.90 bits per heavy atom. The SMILES string of the molecule is O=C1C=Cc2cc(OCc3ccc(Cl)nc3)ccc2C1. The number of aromatic nitrogens is 1. The first-order valence-electron chi connectivity index (χ1n) is 6.28. The summed E-state index contributed by atoms with van der Waals surface area (Å²) < 4.78 is 5.72. The number of rotatable bonds is 3. The summed E-state index contributed by atoms with van der Waals surface area (Å²) in [5.41, 5.74) is 3.03. The molecule has 0 unspecified atom stereocenters. The molecule has 1 heterocycles. The van der Waals surface area contributed by atoms with Gasteiger partial charge in [-0.05, 0) is 35.4 Å². The standard InChI is InChI=1S/C16H12ClNO2/c17-16-6-1-11(9-18-16)10-20-15-5-3-12-7-14(19)4-2-13(12)8-15/h1-6,8-9H,7,10H2. The number of allylic oxidation sites excluding steroid dienone is 1. The maximum Gasteiger partial charge on any atom is 0.160 e. The second kappa shape index (κ2) is 5.47. The van der Waals surface area contributed by atoms with Crippen LogP contribution in [0.3, 0.4) is 0 Å². The normalized spacial score (nSPS) is 13.2. The molecule has 1 aliphatic carbocycles. The second-order valence-electron chi connectivity index (χ2n) is 4.61. The van der Waals surface area contributed by atoms with Gasteiger partial charge in [0.15, 0.2) is 5.78 Å². The topological polar surface area (TPSA) is 39.2 Å². The number of pyridine rings is 1. The number of ether oxygens (including phenoxy) is 1. The lowest BCUT2D eigenvalue weighted by molar-refractivity contribution is -0.114. The van der Waals surface area contributed by atoms with Gasteiger partial charge in [-0.25, -0.2) is 4.98 Å². The molecule has 0 radical (unpaired) electrons. The fraction of sp³-hybridized carbons (Fsp3) is 0.125. The lowest BCUT2D eigenvalue weighted by Crippen LogP contribution is -2.05. The third-order valence-electron chi connectivity index (χ3n) is 3.12. The Hall–Kier alpha value is -2.13. The highest BCUT2D eigenvalue weighted by atomic mass is 35.5. The van der Waals surface area contributed by atoms with Gasteiger partial charge in [-0.1, -0.05) is 29.8 Å². The molecule has 4 heteroatoms. The van der Waals surface area contributed by atoms with Crippen LogP contribution in [-0.2, 0) is 17.8 Å². The Labute approximate surface area is 121 Å². The Bertz CT molecular complexity index is 677. The van der Waals surface area contributed by atoms with Crippen LogP contribution in [0.25, 0.3) is 6.08 Å². The minimum absolute atomic E-state index is 0.137. The zero-order valence-corrected chi connectivity index (χ0v) is 11.4. The minimum Gasteiger partial charge on any atom is -0.489 e. The Morgan fingerprint density at radius 1 is 1.20 bits per heavy atom. The fourth-order valence-corrected chi connectivity index (χ4v) is 2.18. The highest BCUT2D eigenvalue weighted by Gasteiger charge is 2.10. The number of ketones is 1. The molecule has 0 atom stereocenters. The van der Waals surface area contributed by atoms with Crippen LogP contribution in [0.5, 0.6) is 5.75 Å². The van der Waals surface area contributed by atoms with Gasteiger partial charge >= 0.3 is 0 Å². The molecule has 3 nitrogen and oxygen atoms in total. The van der Waals surface area contributed by atoms with Crippen LogP contribution in [0, 0.1) is 0 Å². The molecule has 1 aromatic heterocycles. The Kier molecular flexibility index (Phi) is 3.52. The largest absolute Gasteiger partial charge is 0.489 e. The molecule has 3 rings (SSSR count). The molecule has 1 aromatic carbocycles. The van der Waals surface area contributed by atoms with Crippen LogP contribution in [0.15, 0.2) is 42.6 Å². The van der Waals surface area contributed by atoms with Crippen molar-refractivity contribution in [2.75, 3.05) is 0 Å². The maximum atomic E-state index is 11.3. The number of carbonyl (C=O) groups is 1. The van der Waals surface area contributed by atoms with E-state index in [0.29, 0.717) is 18.2 Å². The van der Waals surface area contributed by atoms with Crippen LogP contribution in [-0.4, -0.2) is 10.8 Å². The molecule has 0 saturated heterocycles. The summed E-state index contributed by atoms with van der Waals surface area (Å²) in [6.07, 6.45) is 5.60. The zero-order chi connectivity index (χ0) is 13.9. The summed E-state index contributed by atoms with van der Waals surface area (Å²) in [7, 11) is 0. The van der Waals surface area contributed by atoms with Crippen molar-refractivity contribution in [2.45, 2.75) is 13.0 Å². The third-order valence-corrected chi connectivity index (χ3v) is 3.35. The third kappa shape index (κ3) is 2.89. The number of benzene rings is 1. The molecule has 0 spiro atoms. The van der Waals surface area contributed by atoms with Crippen LogP contribution in [0.4, 0.5) is 0 Å². The van der Waals surface area contributed by atoms with Crippen molar-refractivity contribution in [3.05, 3.63) is 64.4 Å². The van der Waals surface area contributed by atoms with E-state index in [-0.39, 0.29) is 5.78 Å². The van der Waals surface area contributed by atoms with Gasteiger partial charge in [-0.2, -0.15) is 0 Å². The van der Waals surface area contributed by atoms with E-state index in [1.807, 2.05) is 30.3 Å². The summed E-state index contributed by atoms with van der Waals surface area (Å²) in [6, 6.07) is 9.39. The lowest BCUT2D eigenvalue weighted by atomic mass is 9.96. The lowest BCUT2D eigenvalue weighted by Gasteiger charge is -2.12. The molecule has 0 saturated carbocycles. The molecule has 2 aromatic rings. The highest BCUT2D eigenvalue weighted by molar-refractivity contribution is 6.29. The van der Waals surface area contributed by atoms with E-state index in [1.165, 1.54) is 0 Å². The smallest absolute Gasteiger partial charge is 0.160 e.